The molecule has 0 radical (unpaired) electrons. The average molecular weight is 118 g/mol. The van der Waals surface area contributed by atoms with E-state index in [1.165, 1.54) is 23.1 Å². The van der Waals surface area contributed by atoms with Crippen molar-refractivity contribution in [2.75, 3.05) is 0 Å². The number of fused-ring (bicyclic) bond motifs is 2. The Hall–Kier alpha value is -0.780. The third-order valence-electron chi connectivity index (χ3n) is 2.23. The van der Waals surface area contributed by atoms with Gasteiger partial charge in [-0.1, -0.05) is 12.1 Å². The normalized spacial score (nSPS) is 13.1. The Morgan fingerprint density at radius 1 is 1.22 bits per heavy atom. The summed E-state index contributed by atoms with van der Waals surface area (Å²) in [7, 11) is 0. The van der Waals surface area contributed by atoms with Crippen LogP contribution in [0, 0.1) is 13.8 Å². The summed E-state index contributed by atoms with van der Waals surface area (Å²) in [6.45, 7) is 4.38. The first-order chi connectivity index (χ1) is 4.27. The van der Waals surface area contributed by atoms with Crippen LogP contribution in [0.15, 0.2) is 12.1 Å². The van der Waals surface area contributed by atoms with Crippen molar-refractivity contribution in [3.8, 4) is 0 Å². The molecule has 2 bridgehead atoms. The van der Waals surface area contributed by atoms with E-state index < -0.39 is 0 Å². The molecule has 0 heterocycles. The highest BCUT2D eigenvalue weighted by molar-refractivity contribution is 5.47. The van der Waals surface area contributed by atoms with Gasteiger partial charge in [-0.15, -0.1) is 0 Å². The average Bonchev–Trinajstić information content (AvgIpc) is 1.72. The van der Waals surface area contributed by atoms with Crippen LogP contribution in [-0.4, -0.2) is 0 Å². The van der Waals surface area contributed by atoms with Crippen molar-refractivity contribution in [1.29, 1.82) is 0 Å². The fraction of sp³-hybridized carbons (Fsp3) is 0.333. The molecule has 0 fully saturated rings. The van der Waals surface area contributed by atoms with Gasteiger partial charge < -0.3 is 0 Å². The second kappa shape index (κ2) is 1.38. The number of aryl methyl sites for hydroxylation is 1. The van der Waals surface area contributed by atoms with Gasteiger partial charge in [0.2, 0.25) is 0 Å². The molecule has 0 saturated carbocycles. The first-order valence-electron chi connectivity index (χ1n) is 3.36. The fourth-order valence-electron chi connectivity index (χ4n) is 1.39. The van der Waals surface area contributed by atoms with E-state index in [0.29, 0.717) is 0 Å². The van der Waals surface area contributed by atoms with E-state index in [1.807, 2.05) is 0 Å². The van der Waals surface area contributed by atoms with Gasteiger partial charge in [-0.05, 0) is 42.5 Å². The van der Waals surface area contributed by atoms with Crippen LogP contribution in [0.3, 0.4) is 0 Å². The standard InChI is InChI=1S/C9H10/c1-6-3-8-4-9(5-8)7(6)2/h3-4H,5H2,1-2H3. The van der Waals surface area contributed by atoms with Crippen LogP contribution in [0.2, 0.25) is 0 Å². The lowest BCUT2D eigenvalue weighted by Crippen LogP contribution is -2.05. The van der Waals surface area contributed by atoms with Crippen LogP contribution in [0.5, 0.6) is 0 Å². The summed E-state index contributed by atoms with van der Waals surface area (Å²) in [5.41, 5.74) is 6.00. The zero-order valence-electron chi connectivity index (χ0n) is 5.86. The van der Waals surface area contributed by atoms with Gasteiger partial charge in [0.05, 0.1) is 0 Å². The zero-order valence-corrected chi connectivity index (χ0v) is 5.86. The molecule has 2 aliphatic rings. The van der Waals surface area contributed by atoms with Crippen LogP contribution >= 0.6 is 0 Å². The summed E-state index contributed by atoms with van der Waals surface area (Å²) in [6.07, 6.45) is 1.23. The summed E-state index contributed by atoms with van der Waals surface area (Å²) in [5.74, 6) is 0. The van der Waals surface area contributed by atoms with Gasteiger partial charge >= 0.3 is 0 Å². The largest absolute Gasteiger partial charge is 0.0555 e. The van der Waals surface area contributed by atoms with Crippen molar-refractivity contribution in [3.05, 3.63) is 34.4 Å². The van der Waals surface area contributed by atoms with Crippen molar-refractivity contribution in [1.82, 2.24) is 0 Å². The highest BCUT2D eigenvalue weighted by Crippen LogP contribution is 2.27. The predicted molar refractivity (Wildman–Crippen MR) is 38.7 cm³/mol. The molecule has 0 atom stereocenters. The molecule has 0 saturated heterocycles. The fourth-order valence-corrected chi connectivity index (χ4v) is 1.39. The van der Waals surface area contributed by atoms with E-state index in [2.05, 4.69) is 26.0 Å². The molecule has 0 aromatic heterocycles. The minimum absolute atomic E-state index is 1.23. The second-order valence-electron chi connectivity index (χ2n) is 2.87. The summed E-state index contributed by atoms with van der Waals surface area (Å²) in [4.78, 5) is 0. The van der Waals surface area contributed by atoms with Crippen LogP contribution in [0.1, 0.15) is 22.3 Å². The molecule has 46 valence electrons. The van der Waals surface area contributed by atoms with E-state index in [0.717, 1.165) is 0 Å². The van der Waals surface area contributed by atoms with Crippen LogP contribution < -0.4 is 0 Å². The maximum absolute atomic E-state index is 2.28. The van der Waals surface area contributed by atoms with Crippen molar-refractivity contribution in [2.45, 2.75) is 20.3 Å². The molecule has 0 spiro atoms. The summed E-state index contributed by atoms with van der Waals surface area (Å²) >= 11 is 0. The van der Waals surface area contributed by atoms with E-state index in [4.69, 9.17) is 0 Å². The Morgan fingerprint density at radius 3 is 2.22 bits per heavy atom. The van der Waals surface area contributed by atoms with Gasteiger partial charge in [0.25, 0.3) is 0 Å². The van der Waals surface area contributed by atoms with Gasteiger partial charge in [-0.2, -0.15) is 0 Å². The van der Waals surface area contributed by atoms with Gasteiger partial charge in [-0.25, -0.2) is 0 Å². The second-order valence-corrected chi connectivity index (χ2v) is 2.87. The van der Waals surface area contributed by atoms with Crippen LogP contribution in [-0.2, 0) is 6.42 Å². The lowest BCUT2D eigenvalue weighted by Gasteiger charge is -2.19. The smallest absolute Gasteiger partial charge is 0.00227 e. The van der Waals surface area contributed by atoms with Crippen LogP contribution in [0.25, 0.3) is 0 Å². The number of rotatable bonds is 0. The molecule has 1 aromatic carbocycles. The minimum Gasteiger partial charge on any atom is -0.0555 e. The van der Waals surface area contributed by atoms with Gasteiger partial charge in [0.1, 0.15) is 0 Å². The molecule has 0 amide bonds. The minimum atomic E-state index is 1.23. The first-order valence-corrected chi connectivity index (χ1v) is 3.36. The van der Waals surface area contributed by atoms with Gasteiger partial charge in [0.15, 0.2) is 0 Å². The van der Waals surface area contributed by atoms with Crippen molar-refractivity contribution in [3.63, 3.8) is 0 Å². The van der Waals surface area contributed by atoms with Gasteiger partial charge in [0, 0.05) is 0 Å². The number of benzene rings is 1. The highest BCUT2D eigenvalue weighted by Gasteiger charge is 2.12. The molecule has 0 unspecified atom stereocenters. The molecule has 0 N–H and O–H groups in total. The summed E-state index contributed by atoms with van der Waals surface area (Å²) in [6, 6.07) is 4.56. The lowest BCUT2D eigenvalue weighted by atomic mass is 9.86. The predicted octanol–water partition coefficient (Wildman–Crippen LogP) is 2.21. The molecular weight excluding hydrogens is 108 g/mol. The lowest BCUT2D eigenvalue weighted by molar-refractivity contribution is 1.03. The third kappa shape index (κ3) is 0.533. The van der Waals surface area contributed by atoms with E-state index in [-0.39, 0.29) is 0 Å². The Labute approximate surface area is 55.5 Å². The highest BCUT2D eigenvalue weighted by atomic mass is 14.2. The molecule has 3 rings (SSSR count). The molecule has 1 aromatic rings. The van der Waals surface area contributed by atoms with Gasteiger partial charge in [-0.3, -0.25) is 0 Å². The zero-order chi connectivity index (χ0) is 6.43. The van der Waals surface area contributed by atoms with Crippen molar-refractivity contribution < 1.29 is 0 Å². The van der Waals surface area contributed by atoms with E-state index in [9.17, 15) is 0 Å². The van der Waals surface area contributed by atoms with Crippen LogP contribution in [0.4, 0.5) is 0 Å². The summed E-state index contributed by atoms with van der Waals surface area (Å²) < 4.78 is 0. The monoisotopic (exact) mass is 118 g/mol. The van der Waals surface area contributed by atoms with E-state index in [1.54, 1.807) is 5.56 Å². The molecule has 0 nitrogen and oxygen atoms in total. The molecular formula is C9H10. The Kier molecular flexibility index (Phi) is 0.774. The maximum atomic E-state index is 2.28. The molecule has 0 heteroatoms. The maximum Gasteiger partial charge on any atom is -0.00227 e. The molecule has 2 aliphatic carbocycles. The van der Waals surface area contributed by atoms with E-state index >= 15 is 0 Å². The molecule has 9 heavy (non-hydrogen) atoms. The number of hydrogen-bond donors (Lipinski definition) is 0. The third-order valence-corrected chi connectivity index (χ3v) is 2.23. The molecule has 0 aliphatic heterocycles. The SMILES string of the molecule is Cc1cc2cc(c1C)C2. The van der Waals surface area contributed by atoms with Crippen molar-refractivity contribution >= 4 is 0 Å². The Bertz CT molecular complexity index is 255. The Morgan fingerprint density at radius 2 is 1.89 bits per heavy atom. The first kappa shape index (κ1) is 5.04. The summed E-state index contributed by atoms with van der Waals surface area (Å²) in [5, 5.41) is 0. The Balaban J connectivity index is 2.72. The quantitative estimate of drug-likeness (QED) is 0.497. The topological polar surface area (TPSA) is 0 Å². The van der Waals surface area contributed by atoms with Crippen molar-refractivity contribution in [2.24, 2.45) is 0 Å². The number of hydrogen-bond acceptors (Lipinski definition) is 0.